The third kappa shape index (κ3) is 5.91. The Bertz CT molecular complexity index is 903. The molecule has 1 aromatic carbocycles. The van der Waals surface area contributed by atoms with Crippen LogP contribution in [0.3, 0.4) is 0 Å². The first-order valence-electron chi connectivity index (χ1n) is 9.45. The molecule has 29 heavy (non-hydrogen) atoms. The Morgan fingerprint density at radius 1 is 1.24 bits per heavy atom. The molecule has 2 aromatic rings. The van der Waals surface area contributed by atoms with Crippen LogP contribution < -0.4 is 10.1 Å². The number of hydrogen-bond donors (Lipinski definition) is 1. The fourth-order valence-electron chi connectivity index (χ4n) is 2.81. The molecular weight excluding hydrogens is 374 g/mol. The molecule has 0 bridgehead atoms. The number of ether oxygens (including phenoxy) is 2. The molecule has 0 unspecified atom stereocenters. The highest BCUT2D eigenvalue weighted by Gasteiger charge is 2.44. The van der Waals surface area contributed by atoms with Crippen molar-refractivity contribution in [2.75, 3.05) is 13.2 Å². The maximum Gasteiger partial charge on any atom is 0.407 e. The van der Waals surface area contributed by atoms with Crippen molar-refractivity contribution < 1.29 is 19.2 Å². The summed E-state index contributed by atoms with van der Waals surface area (Å²) in [6.45, 7) is 6.40. The number of nitro groups is 1. The molecule has 8 nitrogen and oxygen atoms in total. The van der Waals surface area contributed by atoms with Crippen molar-refractivity contribution in [3.05, 3.63) is 52.8 Å². The zero-order chi connectivity index (χ0) is 21.1. The second-order valence-corrected chi connectivity index (χ2v) is 8.36. The van der Waals surface area contributed by atoms with Crippen molar-refractivity contribution in [1.29, 1.82) is 0 Å². The van der Waals surface area contributed by atoms with E-state index in [1.807, 2.05) is 26.8 Å². The van der Waals surface area contributed by atoms with Gasteiger partial charge in [0.25, 0.3) is 5.69 Å². The Balaban J connectivity index is 1.59. The highest BCUT2D eigenvalue weighted by molar-refractivity contribution is 5.68. The number of pyridine rings is 1. The number of non-ortho nitro benzene ring substituents is 1. The van der Waals surface area contributed by atoms with Gasteiger partial charge in [-0.15, -0.1) is 0 Å². The molecule has 1 heterocycles. The maximum atomic E-state index is 11.9. The number of hydrogen-bond acceptors (Lipinski definition) is 6. The third-order valence-corrected chi connectivity index (χ3v) is 4.61. The lowest BCUT2D eigenvalue weighted by Gasteiger charge is -2.22. The molecular formula is C21H25N3O5. The number of alkyl carbamates (subject to hydrolysis) is 1. The summed E-state index contributed by atoms with van der Waals surface area (Å²) < 4.78 is 11.2. The smallest absolute Gasteiger partial charge is 0.407 e. The maximum absolute atomic E-state index is 11.9. The first kappa shape index (κ1) is 20.6. The standard InChI is InChI=1S/C21H25N3O5/c1-20(2,3)29-19(25)23-13-21(7-8-21)14-28-18-10-16(11-22-12-18)15-5-4-6-17(9-15)24(26)27/h4-6,9-12H,7-8,13-14H2,1-3H3,(H,23,25). The molecule has 0 atom stereocenters. The fourth-order valence-corrected chi connectivity index (χ4v) is 2.81. The van der Waals surface area contributed by atoms with Gasteiger partial charge in [-0.1, -0.05) is 12.1 Å². The van der Waals surface area contributed by atoms with Crippen LogP contribution in [0.5, 0.6) is 5.75 Å². The molecule has 8 heteroatoms. The SMILES string of the molecule is CC(C)(C)OC(=O)NCC1(COc2cncc(-c3cccc([N+](=O)[O-])c3)c2)CC1. The van der Waals surface area contributed by atoms with E-state index >= 15 is 0 Å². The number of nitrogens with zero attached hydrogens (tertiary/aromatic N) is 2. The van der Waals surface area contributed by atoms with E-state index in [0.717, 1.165) is 18.4 Å². The van der Waals surface area contributed by atoms with E-state index in [-0.39, 0.29) is 11.1 Å². The Morgan fingerprint density at radius 3 is 2.66 bits per heavy atom. The first-order chi connectivity index (χ1) is 13.7. The lowest BCUT2D eigenvalue weighted by Crippen LogP contribution is -2.37. The Kier molecular flexibility index (Phi) is 5.72. The molecule has 0 aliphatic heterocycles. The van der Waals surface area contributed by atoms with Gasteiger partial charge in [-0.05, 0) is 45.2 Å². The van der Waals surface area contributed by atoms with Crippen LogP contribution >= 0.6 is 0 Å². The van der Waals surface area contributed by atoms with Crippen LogP contribution in [-0.4, -0.2) is 34.8 Å². The van der Waals surface area contributed by atoms with Crippen molar-refractivity contribution in [3.8, 4) is 16.9 Å². The van der Waals surface area contributed by atoms with E-state index in [1.165, 1.54) is 12.1 Å². The van der Waals surface area contributed by atoms with Crippen molar-refractivity contribution >= 4 is 11.8 Å². The Labute approximate surface area is 169 Å². The van der Waals surface area contributed by atoms with Crippen molar-refractivity contribution in [2.24, 2.45) is 5.41 Å². The predicted octanol–water partition coefficient (Wildman–Crippen LogP) is 4.34. The monoisotopic (exact) mass is 399 g/mol. The summed E-state index contributed by atoms with van der Waals surface area (Å²) >= 11 is 0. The Hall–Kier alpha value is -3.16. The normalized spacial score (nSPS) is 14.7. The molecule has 3 rings (SSSR count). The summed E-state index contributed by atoms with van der Waals surface area (Å²) in [5, 5.41) is 13.8. The predicted molar refractivity (Wildman–Crippen MR) is 108 cm³/mol. The van der Waals surface area contributed by atoms with Crippen molar-refractivity contribution in [3.63, 3.8) is 0 Å². The van der Waals surface area contributed by atoms with E-state index in [9.17, 15) is 14.9 Å². The molecule has 1 amide bonds. The molecule has 1 fully saturated rings. The van der Waals surface area contributed by atoms with E-state index in [0.29, 0.717) is 24.5 Å². The molecule has 0 saturated heterocycles. The second kappa shape index (κ2) is 8.06. The number of nitro benzene ring substituents is 1. The molecule has 154 valence electrons. The number of amides is 1. The van der Waals surface area contributed by atoms with Gasteiger partial charge < -0.3 is 14.8 Å². The Morgan fingerprint density at radius 2 is 2.00 bits per heavy atom. The van der Waals surface area contributed by atoms with Crippen LogP contribution in [0.15, 0.2) is 42.7 Å². The van der Waals surface area contributed by atoms with E-state index in [4.69, 9.17) is 9.47 Å². The fraction of sp³-hybridized carbons (Fsp3) is 0.429. The first-order valence-corrected chi connectivity index (χ1v) is 9.45. The highest BCUT2D eigenvalue weighted by atomic mass is 16.6. The lowest BCUT2D eigenvalue weighted by atomic mass is 10.1. The molecule has 1 N–H and O–H groups in total. The molecule has 0 radical (unpaired) electrons. The second-order valence-electron chi connectivity index (χ2n) is 8.36. The van der Waals surface area contributed by atoms with Gasteiger partial charge in [0.2, 0.25) is 0 Å². The van der Waals surface area contributed by atoms with E-state index < -0.39 is 16.6 Å². The zero-order valence-corrected chi connectivity index (χ0v) is 16.8. The van der Waals surface area contributed by atoms with E-state index in [1.54, 1.807) is 24.5 Å². The molecule has 0 spiro atoms. The summed E-state index contributed by atoms with van der Waals surface area (Å²) in [5.74, 6) is 0.581. The van der Waals surface area contributed by atoms with Crippen LogP contribution in [0.25, 0.3) is 11.1 Å². The van der Waals surface area contributed by atoms with Crippen molar-refractivity contribution in [1.82, 2.24) is 10.3 Å². The summed E-state index contributed by atoms with van der Waals surface area (Å²) in [6.07, 6.45) is 4.74. The lowest BCUT2D eigenvalue weighted by molar-refractivity contribution is -0.384. The topological polar surface area (TPSA) is 104 Å². The summed E-state index contributed by atoms with van der Waals surface area (Å²) in [4.78, 5) is 26.6. The van der Waals surface area contributed by atoms with E-state index in [2.05, 4.69) is 10.3 Å². The molecule has 1 saturated carbocycles. The average molecular weight is 399 g/mol. The quantitative estimate of drug-likeness (QED) is 0.549. The third-order valence-electron chi connectivity index (χ3n) is 4.61. The number of benzene rings is 1. The summed E-state index contributed by atoms with van der Waals surface area (Å²) in [6, 6.07) is 8.20. The van der Waals surface area contributed by atoms with Gasteiger partial charge in [-0.2, -0.15) is 0 Å². The zero-order valence-electron chi connectivity index (χ0n) is 16.8. The summed E-state index contributed by atoms with van der Waals surface area (Å²) in [7, 11) is 0. The van der Waals surface area contributed by atoms with Gasteiger partial charge in [0.05, 0.1) is 17.7 Å². The molecule has 1 aromatic heterocycles. The van der Waals surface area contributed by atoms with Crippen molar-refractivity contribution in [2.45, 2.75) is 39.2 Å². The summed E-state index contributed by atoms with van der Waals surface area (Å²) in [5.41, 5.74) is 0.834. The number of carbonyl (C=O) groups excluding carboxylic acids is 1. The minimum Gasteiger partial charge on any atom is -0.491 e. The van der Waals surface area contributed by atoms with Crippen LogP contribution in [-0.2, 0) is 4.74 Å². The molecule has 1 aliphatic rings. The van der Waals surface area contributed by atoms with Gasteiger partial charge in [0.15, 0.2) is 0 Å². The minimum atomic E-state index is -0.532. The number of rotatable bonds is 7. The van der Waals surface area contributed by atoms with Gasteiger partial charge in [-0.25, -0.2) is 4.79 Å². The number of nitrogens with one attached hydrogen (secondary N) is 1. The minimum absolute atomic E-state index is 0.0268. The highest BCUT2D eigenvalue weighted by Crippen LogP contribution is 2.45. The molecule has 1 aliphatic carbocycles. The number of carbonyl (C=O) groups is 1. The van der Waals surface area contributed by atoms with Gasteiger partial charge in [0, 0.05) is 35.9 Å². The van der Waals surface area contributed by atoms with Crippen LogP contribution in [0.2, 0.25) is 0 Å². The average Bonchev–Trinajstić information content (AvgIpc) is 3.44. The van der Waals surface area contributed by atoms with Gasteiger partial charge in [-0.3, -0.25) is 15.1 Å². The van der Waals surface area contributed by atoms with Crippen LogP contribution in [0, 0.1) is 15.5 Å². The van der Waals surface area contributed by atoms with Crippen LogP contribution in [0.4, 0.5) is 10.5 Å². The van der Waals surface area contributed by atoms with Gasteiger partial charge in [0.1, 0.15) is 11.4 Å². The number of aromatic nitrogens is 1. The van der Waals surface area contributed by atoms with Gasteiger partial charge >= 0.3 is 6.09 Å². The largest absolute Gasteiger partial charge is 0.491 e. The van der Waals surface area contributed by atoms with Crippen LogP contribution in [0.1, 0.15) is 33.6 Å².